The maximum atomic E-state index is 12.2. The molecule has 6 nitrogen and oxygen atoms in total. The van der Waals surface area contributed by atoms with Crippen LogP contribution in [0.4, 0.5) is 11.7 Å². The number of piperidine rings is 1. The molecule has 0 radical (unpaired) electrons. The van der Waals surface area contributed by atoms with Crippen LogP contribution < -0.4 is 15.5 Å². The topological polar surface area (TPSA) is 70.4 Å². The molecule has 1 aromatic heterocycles. The van der Waals surface area contributed by atoms with Crippen molar-refractivity contribution < 1.29 is 9.21 Å². The van der Waals surface area contributed by atoms with Gasteiger partial charge in [-0.1, -0.05) is 0 Å². The first-order chi connectivity index (χ1) is 10.1. The summed E-state index contributed by atoms with van der Waals surface area (Å²) >= 11 is 0. The van der Waals surface area contributed by atoms with Crippen molar-refractivity contribution in [2.24, 2.45) is 5.92 Å². The zero-order valence-electron chi connectivity index (χ0n) is 13.2. The second-order valence-electron chi connectivity index (χ2n) is 5.61. The number of carbonyl (C=O) groups is 1. The molecule has 128 valence electrons. The van der Waals surface area contributed by atoms with E-state index in [1.807, 2.05) is 37.2 Å². The summed E-state index contributed by atoms with van der Waals surface area (Å²) < 4.78 is 5.60. The molecule has 1 fully saturated rings. The quantitative estimate of drug-likeness (QED) is 0.880. The molecule has 1 unspecified atom stereocenters. The van der Waals surface area contributed by atoms with Gasteiger partial charge in [0.1, 0.15) is 5.52 Å². The van der Waals surface area contributed by atoms with Gasteiger partial charge in [-0.2, -0.15) is 4.98 Å². The molecule has 0 aliphatic carbocycles. The van der Waals surface area contributed by atoms with Gasteiger partial charge in [0.15, 0.2) is 5.58 Å². The van der Waals surface area contributed by atoms with Gasteiger partial charge in [-0.05, 0) is 37.6 Å². The maximum absolute atomic E-state index is 12.2. The summed E-state index contributed by atoms with van der Waals surface area (Å²) in [6.07, 6.45) is 1.99. The van der Waals surface area contributed by atoms with Gasteiger partial charge < -0.3 is 20.0 Å². The summed E-state index contributed by atoms with van der Waals surface area (Å²) in [5.74, 6) is 0.113. The van der Waals surface area contributed by atoms with Crippen molar-refractivity contribution in [3.63, 3.8) is 0 Å². The molecule has 1 atom stereocenters. The molecular formula is C15H22Cl2N4O2. The maximum Gasteiger partial charge on any atom is 0.297 e. The molecule has 1 saturated heterocycles. The highest BCUT2D eigenvalue weighted by atomic mass is 35.5. The molecule has 1 aliphatic heterocycles. The van der Waals surface area contributed by atoms with Gasteiger partial charge in [0.2, 0.25) is 5.91 Å². The molecule has 0 bridgehead atoms. The predicted molar refractivity (Wildman–Crippen MR) is 97.1 cm³/mol. The Hall–Kier alpha value is -1.50. The van der Waals surface area contributed by atoms with E-state index in [0.717, 1.165) is 42.7 Å². The number of nitrogens with one attached hydrogen (secondary N) is 2. The molecule has 1 aromatic carbocycles. The second-order valence-corrected chi connectivity index (χ2v) is 5.61. The van der Waals surface area contributed by atoms with Gasteiger partial charge in [0.05, 0.1) is 5.92 Å². The van der Waals surface area contributed by atoms with Crippen molar-refractivity contribution in [3.8, 4) is 0 Å². The molecule has 2 heterocycles. The molecule has 23 heavy (non-hydrogen) atoms. The fourth-order valence-electron chi connectivity index (χ4n) is 2.50. The number of nitrogens with zero attached hydrogens (tertiary/aromatic N) is 2. The first-order valence-corrected chi connectivity index (χ1v) is 7.23. The van der Waals surface area contributed by atoms with E-state index in [1.54, 1.807) is 0 Å². The fraction of sp³-hybridized carbons (Fsp3) is 0.467. The van der Waals surface area contributed by atoms with Crippen LogP contribution in [0, 0.1) is 5.92 Å². The number of hydrogen-bond acceptors (Lipinski definition) is 5. The SMILES string of the molecule is CN(C)c1nc2cc(NC(=O)C3CCCNC3)ccc2o1.Cl.Cl. The minimum atomic E-state index is 0. The largest absolute Gasteiger partial charge is 0.423 e. The third-order valence-electron chi connectivity index (χ3n) is 3.69. The molecule has 0 spiro atoms. The van der Waals surface area contributed by atoms with Crippen LogP contribution in [-0.4, -0.2) is 38.1 Å². The predicted octanol–water partition coefficient (Wildman–Crippen LogP) is 2.68. The molecule has 1 aliphatic rings. The van der Waals surface area contributed by atoms with E-state index >= 15 is 0 Å². The van der Waals surface area contributed by atoms with Crippen LogP contribution in [-0.2, 0) is 4.79 Å². The summed E-state index contributed by atoms with van der Waals surface area (Å²) in [5, 5.41) is 6.22. The Kier molecular flexibility index (Phi) is 7.12. The van der Waals surface area contributed by atoms with Crippen LogP contribution in [0.15, 0.2) is 22.6 Å². The zero-order chi connectivity index (χ0) is 14.8. The van der Waals surface area contributed by atoms with E-state index in [9.17, 15) is 4.79 Å². The van der Waals surface area contributed by atoms with Crippen LogP contribution in [0.2, 0.25) is 0 Å². The van der Waals surface area contributed by atoms with Gasteiger partial charge in [0, 0.05) is 26.3 Å². The number of aromatic nitrogens is 1. The number of benzene rings is 1. The van der Waals surface area contributed by atoms with E-state index in [0.29, 0.717) is 6.01 Å². The van der Waals surface area contributed by atoms with Crippen LogP contribution in [0.25, 0.3) is 11.1 Å². The van der Waals surface area contributed by atoms with E-state index in [2.05, 4.69) is 15.6 Å². The molecular weight excluding hydrogens is 339 g/mol. The minimum absolute atomic E-state index is 0. The van der Waals surface area contributed by atoms with Crippen molar-refractivity contribution >= 4 is 53.5 Å². The Bertz CT molecular complexity index is 654. The summed E-state index contributed by atoms with van der Waals surface area (Å²) in [5.41, 5.74) is 2.23. The summed E-state index contributed by atoms with van der Waals surface area (Å²) in [6, 6.07) is 6.09. The molecule has 0 saturated carbocycles. The number of amides is 1. The van der Waals surface area contributed by atoms with Crippen LogP contribution >= 0.6 is 24.8 Å². The number of carbonyl (C=O) groups excluding carboxylic acids is 1. The highest BCUT2D eigenvalue weighted by Crippen LogP contribution is 2.24. The normalized spacial score (nSPS) is 17.0. The Labute approximate surface area is 147 Å². The zero-order valence-corrected chi connectivity index (χ0v) is 14.8. The lowest BCUT2D eigenvalue weighted by Gasteiger charge is -2.21. The number of halogens is 2. The lowest BCUT2D eigenvalue weighted by Crippen LogP contribution is -2.37. The van der Waals surface area contributed by atoms with E-state index in [4.69, 9.17) is 4.42 Å². The van der Waals surface area contributed by atoms with Crippen molar-refractivity contribution in [3.05, 3.63) is 18.2 Å². The standard InChI is InChI=1S/C15H20N4O2.2ClH/c1-19(2)15-18-12-8-11(5-6-13(12)21-15)17-14(20)10-4-3-7-16-9-10;;/h5-6,8,10,16H,3-4,7,9H2,1-2H3,(H,17,20);2*1H. The van der Waals surface area contributed by atoms with Crippen LogP contribution in [0.3, 0.4) is 0 Å². The van der Waals surface area contributed by atoms with Gasteiger partial charge >= 0.3 is 0 Å². The third-order valence-corrected chi connectivity index (χ3v) is 3.69. The Morgan fingerprint density at radius 1 is 1.39 bits per heavy atom. The lowest BCUT2D eigenvalue weighted by atomic mass is 9.99. The number of hydrogen-bond donors (Lipinski definition) is 2. The Morgan fingerprint density at radius 3 is 2.83 bits per heavy atom. The summed E-state index contributed by atoms with van der Waals surface area (Å²) in [4.78, 5) is 18.4. The number of rotatable bonds is 3. The second kappa shape index (κ2) is 8.38. The number of oxazole rings is 1. The smallest absolute Gasteiger partial charge is 0.297 e. The van der Waals surface area contributed by atoms with Gasteiger partial charge in [0.25, 0.3) is 6.01 Å². The van der Waals surface area contributed by atoms with E-state index < -0.39 is 0 Å². The average molecular weight is 361 g/mol. The number of fused-ring (bicyclic) bond motifs is 1. The monoisotopic (exact) mass is 360 g/mol. The Balaban J connectivity index is 0.00000132. The first-order valence-electron chi connectivity index (χ1n) is 7.23. The van der Waals surface area contributed by atoms with Gasteiger partial charge in [-0.15, -0.1) is 24.8 Å². The highest BCUT2D eigenvalue weighted by Gasteiger charge is 2.21. The molecule has 1 amide bonds. The van der Waals surface area contributed by atoms with Crippen molar-refractivity contribution in [1.29, 1.82) is 0 Å². The van der Waals surface area contributed by atoms with E-state index in [-0.39, 0.29) is 36.6 Å². The molecule has 3 rings (SSSR count). The molecule has 8 heteroatoms. The molecule has 2 aromatic rings. The van der Waals surface area contributed by atoms with Gasteiger partial charge in [-0.25, -0.2) is 0 Å². The van der Waals surface area contributed by atoms with Gasteiger partial charge in [-0.3, -0.25) is 4.79 Å². The van der Waals surface area contributed by atoms with Crippen LogP contribution in [0.5, 0.6) is 0 Å². The minimum Gasteiger partial charge on any atom is -0.423 e. The summed E-state index contributed by atoms with van der Waals surface area (Å²) in [6.45, 7) is 1.75. The van der Waals surface area contributed by atoms with Crippen molar-refractivity contribution in [2.45, 2.75) is 12.8 Å². The Morgan fingerprint density at radius 2 is 2.17 bits per heavy atom. The van der Waals surface area contributed by atoms with Crippen LogP contribution in [0.1, 0.15) is 12.8 Å². The highest BCUT2D eigenvalue weighted by molar-refractivity contribution is 5.94. The lowest BCUT2D eigenvalue weighted by molar-refractivity contribution is -0.120. The summed E-state index contributed by atoms with van der Waals surface area (Å²) in [7, 11) is 3.76. The average Bonchev–Trinajstić information content (AvgIpc) is 2.91. The fourth-order valence-corrected chi connectivity index (χ4v) is 2.50. The van der Waals surface area contributed by atoms with E-state index in [1.165, 1.54) is 0 Å². The van der Waals surface area contributed by atoms with Crippen molar-refractivity contribution in [1.82, 2.24) is 10.3 Å². The third kappa shape index (κ3) is 4.50. The first kappa shape index (κ1) is 19.5. The van der Waals surface area contributed by atoms with Crippen molar-refractivity contribution in [2.75, 3.05) is 37.4 Å². The molecule has 2 N–H and O–H groups in total. The number of anilines is 2.